The summed E-state index contributed by atoms with van der Waals surface area (Å²) in [6, 6.07) is 11.2. The molecular formula is C28H29F3N2O7S2. The van der Waals surface area contributed by atoms with Crippen molar-refractivity contribution in [3.05, 3.63) is 57.8 Å². The van der Waals surface area contributed by atoms with Gasteiger partial charge in [0.1, 0.15) is 17.0 Å². The summed E-state index contributed by atoms with van der Waals surface area (Å²) in [4.78, 5) is 28.2. The summed E-state index contributed by atoms with van der Waals surface area (Å²) >= 11 is 1.41. The summed E-state index contributed by atoms with van der Waals surface area (Å²) in [6.07, 6.45) is -7.16. The monoisotopic (exact) mass is 626 g/mol. The summed E-state index contributed by atoms with van der Waals surface area (Å²) in [5, 5.41) is 3.25. The van der Waals surface area contributed by atoms with Gasteiger partial charge in [-0.05, 0) is 56.7 Å². The lowest BCUT2D eigenvalue weighted by Crippen LogP contribution is -2.52. The Labute approximate surface area is 245 Å². The molecule has 0 spiro atoms. The van der Waals surface area contributed by atoms with E-state index >= 15 is 0 Å². The number of aryl methyl sites for hydroxylation is 1. The normalized spacial score (nSPS) is 15.4. The van der Waals surface area contributed by atoms with Crippen LogP contribution in [0.3, 0.4) is 0 Å². The first-order chi connectivity index (χ1) is 19.6. The van der Waals surface area contributed by atoms with Gasteiger partial charge in [-0.25, -0.2) is 0 Å². The zero-order valence-corrected chi connectivity index (χ0v) is 25.0. The van der Waals surface area contributed by atoms with E-state index in [1.165, 1.54) is 41.5 Å². The standard InChI is InChI=1S/C28H29F3N2O7S2/c1-16-6-11-22(41-16)25(39-15-34)23-19(9-10-20-24(23)33(4)26(35)27(2,3)32-20)18-8-7-17(14-21(18)38-5)40-42(36,37)13-12-28(29,30)31/h6-11,14-15,25,32H,12-13H2,1-5H3. The van der Waals surface area contributed by atoms with Gasteiger partial charge in [-0.15, -0.1) is 11.3 Å². The van der Waals surface area contributed by atoms with Crippen LogP contribution in [0.1, 0.15) is 41.7 Å². The quantitative estimate of drug-likeness (QED) is 0.221. The maximum atomic E-state index is 13.3. The largest absolute Gasteiger partial charge is 0.496 e. The maximum absolute atomic E-state index is 13.3. The molecular weight excluding hydrogens is 597 g/mol. The number of halogens is 3. The summed E-state index contributed by atoms with van der Waals surface area (Å²) in [6.45, 7) is 5.71. The van der Waals surface area contributed by atoms with Gasteiger partial charge in [0, 0.05) is 29.1 Å². The lowest BCUT2D eigenvalue weighted by atomic mass is 9.88. The molecule has 42 heavy (non-hydrogen) atoms. The molecule has 226 valence electrons. The first kappa shape index (κ1) is 31.2. The van der Waals surface area contributed by atoms with Crippen LogP contribution in [-0.4, -0.2) is 52.4 Å². The van der Waals surface area contributed by atoms with Crippen LogP contribution in [0.4, 0.5) is 24.5 Å². The van der Waals surface area contributed by atoms with E-state index in [9.17, 15) is 31.2 Å². The van der Waals surface area contributed by atoms with E-state index in [1.54, 1.807) is 33.0 Å². The first-order valence-electron chi connectivity index (χ1n) is 12.6. The van der Waals surface area contributed by atoms with Gasteiger partial charge >= 0.3 is 16.3 Å². The van der Waals surface area contributed by atoms with Gasteiger partial charge in [-0.1, -0.05) is 6.07 Å². The van der Waals surface area contributed by atoms with Gasteiger partial charge in [0.15, 0.2) is 6.10 Å². The molecule has 1 aliphatic rings. The summed E-state index contributed by atoms with van der Waals surface area (Å²) in [5.74, 6) is -1.60. The highest BCUT2D eigenvalue weighted by molar-refractivity contribution is 7.87. The number of rotatable bonds is 10. The molecule has 9 nitrogen and oxygen atoms in total. The van der Waals surface area contributed by atoms with Crippen molar-refractivity contribution in [2.75, 3.05) is 30.1 Å². The Kier molecular flexibility index (Phi) is 8.52. The van der Waals surface area contributed by atoms with E-state index in [2.05, 4.69) is 5.32 Å². The van der Waals surface area contributed by atoms with Gasteiger partial charge in [0.25, 0.3) is 12.4 Å². The predicted molar refractivity (Wildman–Crippen MR) is 153 cm³/mol. The number of benzene rings is 2. The van der Waals surface area contributed by atoms with Gasteiger partial charge in [-0.3, -0.25) is 9.59 Å². The first-order valence-corrected chi connectivity index (χ1v) is 15.0. The third kappa shape index (κ3) is 6.49. The second-order valence-electron chi connectivity index (χ2n) is 10.2. The minimum Gasteiger partial charge on any atom is -0.496 e. The van der Waals surface area contributed by atoms with Crippen molar-refractivity contribution >= 4 is 45.2 Å². The van der Waals surface area contributed by atoms with Crippen molar-refractivity contribution < 1.29 is 44.8 Å². The number of hydrogen-bond acceptors (Lipinski definition) is 9. The average molecular weight is 627 g/mol. The number of ether oxygens (including phenoxy) is 2. The van der Waals surface area contributed by atoms with Crippen LogP contribution in [0.25, 0.3) is 11.1 Å². The Morgan fingerprint density at radius 2 is 1.81 bits per heavy atom. The molecule has 3 aromatic rings. The number of carbonyl (C=O) groups is 2. The highest BCUT2D eigenvalue weighted by Gasteiger charge is 2.41. The Hall–Kier alpha value is -3.78. The molecule has 1 atom stereocenters. The predicted octanol–water partition coefficient (Wildman–Crippen LogP) is 5.82. The second kappa shape index (κ2) is 11.5. The topological polar surface area (TPSA) is 111 Å². The molecule has 0 fully saturated rings. The Bertz CT molecular complexity index is 1620. The van der Waals surface area contributed by atoms with Gasteiger partial charge < -0.3 is 23.9 Å². The number of alkyl halides is 3. The minimum atomic E-state index is -4.67. The number of fused-ring (bicyclic) bond motifs is 1. The number of methoxy groups -OCH3 is 1. The van der Waals surface area contributed by atoms with E-state index in [-0.39, 0.29) is 17.4 Å². The number of anilines is 2. The summed E-state index contributed by atoms with van der Waals surface area (Å²) < 4.78 is 78.2. The number of thiophene rings is 1. The van der Waals surface area contributed by atoms with Crippen LogP contribution in [0.5, 0.6) is 11.5 Å². The SMILES string of the molecule is COc1cc(OS(=O)(=O)CCC(F)(F)F)ccc1-c1ccc2c(c1C(OC=O)c1ccc(C)s1)N(C)C(=O)C(C)(C)N2. The highest BCUT2D eigenvalue weighted by Crippen LogP contribution is 2.49. The van der Waals surface area contributed by atoms with Crippen LogP contribution in [0, 0.1) is 6.92 Å². The molecule has 0 saturated heterocycles. The van der Waals surface area contributed by atoms with E-state index in [1.807, 2.05) is 19.1 Å². The molecule has 2 heterocycles. The molecule has 4 rings (SSSR count). The van der Waals surface area contributed by atoms with E-state index in [4.69, 9.17) is 13.7 Å². The Morgan fingerprint density at radius 1 is 1.12 bits per heavy atom. The fourth-order valence-corrected chi connectivity index (χ4v) is 6.67. The molecule has 0 saturated carbocycles. The van der Waals surface area contributed by atoms with Gasteiger partial charge in [-0.2, -0.15) is 21.6 Å². The van der Waals surface area contributed by atoms with Crippen LogP contribution in [-0.2, 0) is 24.4 Å². The maximum Gasteiger partial charge on any atom is 0.390 e. The van der Waals surface area contributed by atoms with Crippen LogP contribution >= 0.6 is 11.3 Å². The molecule has 0 radical (unpaired) electrons. The number of nitrogens with zero attached hydrogens (tertiary/aromatic N) is 1. The lowest BCUT2D eigenvalue weighted by molar-refractivity contribution is -0.132. The molecule has 2 aromatic carbocycles. The molecule has 0 bridgehead atoms. The molecule has 1 aliphatic heterocycles. The minimum absolute atomic E-state index is 0.130. The number of carbonyl (C=O) groups excluding carboxylic acids is 2. The van der Waals surface area contributed by atoms with Crippen LogP contribution in [0.2, 0.25) is 0 Å². The van der Waals surface area contributed by atoms with Crippen LogP contribution < -0.4 is 19.1 Å². The third-order valence-corrected chi connectivity index (χ3v) is 8.83. The Balaban J connectivity index is 1.89. The summed E-state index contributed by atoms with van der Waals surface area (Å²) in [7, 11) is -1.60. The van der Waals surface area contributed by atoms with E-state index in [0.29, 0.717) is 39.4 Å². The van der Waals surface area contributed by atoms with Crippen molar-refractivity contribution in [2.45, 2.75) is 45.0 Å². The molecule has 14 heteroatoms. The summed E-state index contributed by atoms with van der Waals surface area (Å²) in [5.41, 5.74) is 1.54. The number of likely N-dealkylation sites (N-methyl/N-ethyl adjacent to an activating group) is 1. The van der Waals surface area contributed by atoms with Gasteiger partial charge in [0.05, 0.1) is 35.5 Å². The zero-order chi connectivity index (χ0) is 31.0. The zero-order valence-electron chi connectivity index (χ0n) is 23.4. The van der Waals surface area contributed by atoms with E-state index < -0.39 is 40.1 Å². The van der Waals surface area contributed by atoms with Crippen molar-refractivity contribution in [1.29, 1.82) is 0 Å². The van der Waals surface area contributed by atoms with Gasteiger partial charge in [0.2, 0.25) is 0 Å². The lowest BCUT2D eigenvalue weighted by Gasteiger charge is -2.40. The average Bonchev–Trinajstić information content (AvgIpc) is 3.34. The van der Waals surface area contributed by atoms with Crippen molar-refractivity contribution in [1.82, 2.24) is 0 Å². The fraction of sp³-hybridized carbons (Fsp3) is 0.357. The smallest absolute Gasteiger partial charge is 0.390 e. The number of amides is 1. The second-order valence-corrected chi connectivity index (χ2v) is 13.2. The highest BCUT2D eigenvalue weighted by atomic mass is 32.2. The molecule has 1 N–H and O–H groups in total. The van der Waals surface area contributed by atoms with Crippen LogP contribution in [0.15, 0.2) is 42.5 Å². The molecule has 0 aliphatic carbocycles. The van der Waals surface area contributed by atoms with Crippen molar-refractivity contribution in [2.24, 2.45) is 0 Å². The fourth-order valence-electron chi connectivity index (χ4n) is 4.78. The molecule has 1 unspecified atom stereocenters. The Morgan fingerprint density at radius 3 is 2.40 bits per heavy atom. The van der Waals surface area contributed by atoms with E-state index in [0.717, 1.165) is 4.88 Å². The number of hydrogen-bond donors (Lipinski definition) is 1. The third-order valence-electron chi connectivity index (χ3n) is 6.63. The van der Waals surface area contributed by atoms with Crippen molar-refractivity contribution in [3.63, 3.8) is 0 Å². The molecule has 1 aromatic heterocycles. The molecule has 1 amide bonds. The van der Waals surface area contributed by atoms with Crippen molar-refractivity contribution in [3.8, 4) is 22.6 Å². The number of nitrogens with one attached hydrogen (secondary N) is 1.